The lowest BCUT2D eigenvalue weighted by atomic mass is 9.82. The van der Waals surface area contributed by atoms with E-state index in [1.165, 1.54) is 38.8 Å². The molecule has 2 bridgehead atoms. The highest BCUT2D eigenvalue weighted by molar-refractivity contribution is 5.93. The Labute approximate surface area is 211 Å². The van der Waals surface area contributed by atoms with Gasteiger partial charge in [-0.2, -0.15) is 0 Å². The molecule has 3 aliphatic rings. The van der Waals surface area contributed by atoms with Crippen LogP contribution in [0.3, 0.4) is 0 Å². The van der Waals surface area contributed by atoms with Gasteiger partial charge in [0.15, 0.2) is 0 Å². The molecule has 0 N–H and O–H groups in total. The highest BCUT2D eigenvalue weighted by Gasteiger charge is 2.39. The smallest absolute Gasteiger partial charge is 0.410 e. The number of carbonyl (C=O) groups excluding carboxylic acids is 1. The fraction of sp³-hybridized carbons (Fsp3) is 0.250. The molecule has 2 atom stereocenters. The van der Waals surface area contributed by atoms with Gasteiger partial charge in [0, 0.05) is 35.3 Å². The number of hydrogen-bond acceptors (Lipinski definition) is 3. The number of pyridine rings is 1. The Balaban J connectivity index is 1.14. The molecule has 0 spiro atoms. The number of aromatic nitrogens is 1. The standard InChI is InChI=1S/C32H28N2O2/c35-32(36-20-31-28-14-5-3-12-26(28)27-13-4-6-15-29(27)31)34-23-9-7-10-24(34)17-22(16-23)30-19-33-18-21-8-1-2-11-25(21)30/h1-6,8,11-16,18-19,23-24,31H,7,9-10,17,20H2. The van der Waals surface area contributed by atoms with Crippen molar-refractivity contribution in [3.05, 3.63) is 108 Å². The fourth-order valence-electron chi connectivity index (χ4n) is 6.55. The number of amides is 1. The highest BCUT2D eigenvalue weighted by Crippen LogP contribution is 2.45. The summed E-state index contributed by atoms with van der Waals surface area (Å²) in [5, 5.41) is 2.38. The van der Waals surface area contributed by atoms with Gasteiger partial charge in [0.05, 0.1) is 6.04 Å². The second kappa shape index (κ2) is 8.63. The van der Waals surface area contributed by atoms with Gasteiger partial charge < -0.3 is 4.74 Å². The lowest BCUT2D eigenvalue weighted by Gasteiger charge is -2.44. The molecular weight excluding hydrogens is 444 g/mol. The quantitative estimate of drug-likeness (QED) is 0.317. The zero-order valence-corrected chi connectivity index (χ0v) is 20.1. The summed E-state index contributed by atoms with van der Waals surface area (Å²) in [5.74, 6) is 0.0823. The van der Waals surface area contributed by atoms with Gasteiger partial charge in [-0.05, 0) is 58.9 Å². The molecule has 4 nitrogen and oxygen atoms in total. The van der Waals surface area contributed by atoms with Crippen molar-refractivity contribution in [3.8, 4) is 11.1 Å². The molecule has 0 radical (unpaired) electrons. The van der Waals surface area contributed by atoms with Crippen LogP contribution < -0.4 is 0 Å². The first-order valence-electron chi connectivity index (χ1n) is 12.9. The van der Waals surface area contributed by atoms with E-state index in [-0.39, 0.29) is 24.1 Å². The monoisotopic (exact) mass is 472 g/mol. The number of benzene rings is 3. The maximum absolute atomic E-state index is 13.5. The Morgan fingerprint density at radius 1 is 0.861 bits per heavy atom. The minimum Gasteiger partial charge on any atom is -0.448 e. The number of rotatable bonds is 3. The van der Waals surface area contributed by atoms with Crippen LogP contribution in [-0.2, 0) is 4.74 Å². The van der Waals surface area contributed by atoms with E-state index in [0.29, 0.717) is 6.61 Å². The van der Waals surface area contributed by atoms with Crippen LogP contribution in [0.2, 0.25) is 0 Å². The summed E-state index contributed by atoms with van der Waals surface area (Å²) in [5.41, 5.74) is 7.49. The van der Waals surface area contributed by atoms with E-state index in [4.69, 9.17) is 4.74 Å². The van der Waals surface area contributed by atoms with Crippen LogP contribution in [0.15, 0.2) is 91.3 Å². The first-order chi connectivity index (χ1) is 17.8. The van der Waals surface area contributed by atoms with Crippen LogP contribution in [0.5, 0.6) is 0 Å². The summed E-state index contributed by atoms with van der Waals surface area (Å²) < 4.78 is 6.07. The normalized spacial score (nSPS) is 20.6. The third-order valence-corrected chi connectivity index (χ3v) is 8.20. The number of nitrogens with zero attached hydrogens (tertiary/aromatic N) is 2. The van der Waals surface area contributed by atoms with Crippen molar-refractivity contribution in [2.24, 2.45) is 0 Å². The summed E-state index contributed by atoms with van der Waals surface area (Å²) in [6, 6.07) is 25.6. The number of fused-ring (bicyclic) bond motifs is 6. The second-order valence-corrected chi connectivity index (χ2v) is 10.2. The lowest BCUT2D eigenvalue weighted by molar-refractivity contribution is 0.0539. The van der Waals surface area contributed by atoms with Crippen molar-refractivity contribution < 1.29 is 9.53 Å². The summed E-state index contributed by atoms with van der Waals surface area (Å²) in [6.07, 6.45) is 9.98. The van der Waals surface area contributed by atoms with Crippen molar-refractivity contribution in [2.75, 3.05) is 6.61 Å². The fourth-order valence-corrected chi connectivity index (χ4v) is 6.55. The third-order valence-electron chi connectivity index (χ3n) is 8.20. The molecule has 0 saturated carbocycles. The van der Waals surface area contributed by atoms with Gasteiger partial charge in [-0.1, -0.05) is 78.9 Å². The molecule has 3 heterocycles. The predicted octanol–water partition coefficient (Wildman–Crippen LogP) is 7.19. The maximum Gasteiger partial charge on any atom is 0.410 e. The van der Waals surface area contributed by atoms with Gasteiger partial charge in [0.25, 0.3) is 0 Å². The first-order valence-corrected chi connectivity index (χ1v) is 12.9. The molecular formula is C32H28N2O2. The Morgan fingerprint density at radius 2 is 1.58 bits per heavy atom. The average molecular weight is 473 g/mol. The number of piperidine rings is 1. The maximum atomic E-state index is 13.5. The Bertz CT molecular complexity index is 1460. The predicted molar refractivity (Wildman–Crippen MR) is 143 cm³/mol. The van der Waals surface area contributed by atoms with Crippen LogP contribution in [-0.4, -0.2) is 34.7 Å². The van der Waals surface area contributed by atoms with Crippen LogP contribution in [0.25, 0.3) is 27.5 Å². The Hall–Kier alpha value is -3.92. The molecule has 1 fully saturated rings. The van der Waals surface area contributed by atoms with Gasteiger partial charge in [0.2, 0.25) is 0 Å². The molecule has 36 heavy (non-hydrogen) atoms. The highest BCUT2D eigenvalue weighted by atomic mass is 16.6. The van der Waals surface area contributed by atoms with E-state index in [0.717, 1.165) is 31.1 Å². The van der Waals surface area contributed by atoms with E-state index >= 15 is 0 Å². The van der Waals surface area contributed by atoms with Crippen LogP contribution in [0, 0.1) is 0 Å². The molecule has 4 aromatic rings. The average Bonchev–Trinajstić information content (AvgIpc) is 3.24. The summed E-state index contributed by atoms with van der Waals surface area (Å²) >= 11 is 0. The van der Waals surface area contributed by atoms with Crippen LogP contribution >= 0.6 is 0 Å². The van der Waals surface area contributed by atoms with E-state index in [1.807, 2.05) is 17.3 Å². The third kappa shape index (κ3) is 3.43. The first kappa shape index (κ1) is 21.4. The Kier molecular flexibility index (Phi) is 5.12. The molecule has 178 valence electrons. The van der Waals surface area contributed by atoms with Crippen molar-refractivity contribution in [1.29, 1.82) is 0 Å². The number of hydrogen-bond donors (Lipinski definition) is 0. The van der Waals surface area contributed by atoms with E-state index in [2.05, 4.69) is 83.9 Å². The molecule has 3 aromatic carbocycles. The molecule has 1 aromatic heterocycles. The van der Waals surface area contributed by atoms with Gasteiger partial charge in [-0.3, -0.25) is 9.88 Å². The van der Waals surface area contributed by atoms with Crippen molar-refractivity contribution in [3.63, 3.8) is 0 Å². The van der Waals surface area contributed by atoms with Gasteiger partial charge in [0.1, 0.15) is 6.61 Å². The largest absolute Gasteiger partial charge is 0.448 e. The summed E-state index contributed by atoms with van der Waals surface area (Å²) in [7, 11) is 0. The molecule has 2 unspecified atom stereocenters. The second-order valence-electron chi connectivity index (χ2n) is 10.2. The van der Waals surface area contributed by atoms with Crippen LogP contribution in [0.4, 0.5) is 4.79 Å². The minimum absolute atomic E-state index is 0.0714. The summed E-state index contributed by atoms with van der Waals surface area (Å²) in [4.78, 5) is 20.0. The summed E-state index contributed by atoms with van der Waals surface area (Å²) in [6.45, 7) is 0.368. The molecule has 7 rings (SSSR count). The molecule has 1 amide bonds. The van der Waals surface area contributed by atoms with E-state index < -0.39 is 0 Å². The van der Waals surface area contributed by atoms with E-state index in [1.54, 1.807) is 0 Å². The molecule has 2 aliphatic heterocycles. The van der Waals surface area contributed by atoms with Crippen molar-refractivity contribution in [2.45, 2.75) is 43.7 Å². The number of carbonyl (C=O) groups is 1. The molecule has 1 aliphatic carbocycles. The van der Waals surface area contributed by atoms with Crippen molar-refractivity contribution >= 4 is 22.4 Å². The zero-order chi connectivity index (χ0) is 24.1. The zero-order valence-electron chi connectivity index (χ0n) is 20.1. The molecule has 1 saturated heterocycles. The SMILES string of the molecule is O=C(OCC1c2ccccc2-c2ccccc21)N1C2C=C(c3cncc4ccccc34)CC1CCC2. The van der Waals surface area contributed by atoms with E-state index in [9.17, 15) is 4.79 Å². The topological polar surface area (TPSA) is 42.4 Å². The Morgan fingerprint density at radius 3 is 2.36 bits per heavy atom. The van der Waals surface area contributed by atoms with Gasteiger partial charge >= 0.3 is 6.09 Å². The van der Waals surface area contributed by atoms with Gasteiger partial charge in [-0.25, -0.2) is 4.79 Å². The van der Waals surface area contributed by atoms with Crippen LogP contribution in [0.1, 0.15) is 48.3 Å². The number of ether oxygens (including phenoxy) is 1. The lowest BCUT2D eigenvalue weighted by Crippen LogP contribution is -2.51. The van der Waals surface area contributed by atoms with Crippen molar-refractivity contribution in [1.82, 2.24) is 9.88 Å². The molecule has 4 heteroatoms. The minimum atomic E-state index is -0.182. The van der Waals surface area contributed by atoms with Gasteiger partial charge in [-0.15, -0.1) is 0 Å².